The Hall–Kier alpha value is -2.92. The van der Waals surface area contributed by atoms with Crippen LogP contribution in [0.1, 0.15) is 25.1 Å². The summed E-state index contributed by atoms with van der Waals surface area (Å²) in [5, 5.41) is 10.6. The number of likely N-dealkylation sites (tertiary alicyclic amines) is 1. The van der Waals surface area contributed by atoms with Crippen molar-refractivity contribution in [3.8, 4) is 0 Å². The largest absolute Gasteiger partial charge is 0.517 e. The molecule has 1 amide bonds. The fraction of sp³-hybridized carbons (Fsp3) is 0.389. The average molecular weight is 421 g/mol. The maximum absolute atomic E-state index is 13.0. The Bertz CT molecular complexity index is 985. The van der Waals surface area contributed by atoms with E-state index in [1.807, 2.05) is 0 Å². The minimum absolute atomic E-state index is 0.0467. The molecular weight excluding hydrogens is 400 g/mol. The van der Waals surface area contributed by atoms with E-state index in [2.05, 4.69) is 4.98 Å². The SMILES string of the molecule is CC(=O)S[C@H]1C[C@@H](n2cc[nH]c2=O)[N+](C)(C(=O)OCc2ccc([N+](=O)[O-])cc2)C1. The van der Waals surface area contributed by atoms with Crippen LogP contribution in [0.2, 0.25) is 0 Å². The van der Waals surface area contributed by atoms with Crippen LogP contribution in [-0.4, -0.2) is 49.0 Å². The van der Waals surface area contributed by atoms with Crippen LogP contribution in [0, 0.1) is 10.1 Å². The van der Waals surface area contributed by atoms with Gasteiger partial charge in [-0.3, -0.25) is 14.9 Å². The highest BCUT2D eigenvalue weighted by Crippen LogP contribution is 2.39. The number of nitrogens with zero attached hydrogens (tertiary/aromatic N) is 3. The van der Waals surface area contributed by atoms with Crippen molar-refractivity contribution in [2.45, 2.75) is 31.4 Å². The van der Waals surface area contributed by atoms with Crippen LogP contribution >= 0.6 is 11.8 Å². The molecule has 2 aromatic rings. The van der Waals surface area contributed by atoms with Crippen LogP contribution < -0.4 is 5.69 Å². The van der Waals surface area contributed by atoms with E-state index in [1.54, 1.807) is 13.2 Å². The van der Waals surface area contributed by atoms with E-state index in [4.69, 9.17) is 4.74 Å². The smallest absolute Gasteiger partial charge is 0.415 e. The van der Waals surface area contributed by atoms with Gasteiger partial charge < -0.3 is 9.72 Å². The van der Waals surface area contributed by atoms with Crippen molar-refractivity contribution in [3.63, 3.8) is 0 Å². The number of aromatic amines is 1. The lowest BCUT2D eigenvalue weighted by Gasteiger charge is -2.31. The lowest BCUT2D eigenvalue weighted by atomic mass is 10.2. The molecule has 1 unspecified atom stereocenters. The van der Waals surface area contributed by atoms with Crippen LogP contribution in [0.3, 0.4) is 0 Å². The molecule has 2 heterocycles. The van der Waals surface area contributed by atoms with Crippen molar-refractivity contribution in [1.29, 1.82) is 0 Å². The van der Waals surface area contributed by atoms with E-state index in [1.165, 1.54) is 42.0 Å². The second kappa shape index (κ2) is 8.21. The molecule has 1 aliphatic rings. The number of nitro groups is 1. The van der Waals surface area contributed by atoms with Gasteiger partial charge in [0.25, 0.3) is 5.69 Å². The van der Waals surface area contributed by atoms with Gasteiger partial charge in [0.05, 0.1) is 17.2 Å². The number of carbonyl (C=O) groups excluding carboxylic acids is 2. The molecule has 0 saturated carbocycles. The number of ether oxygens (including phenoxy) is 1. The van der Waals surface area contributed by atoms with Gasteiger partial charge in [-0.25, -0.2) is 13.8 Å². The minimum atomic E-state index is -0.534. The van der Waals surface area contributed by atoms with Crippen LogP contribution in [0.25, 0.3) is 0 Å². The number of carbonyl (C=O) groups is 2. The van der Waals surface area contributed by atoms with Crippen LogP contribution in [0.4, 0.5) is 10.5 Å². The van der Waals surface area contributed by atoms with Gasteiger partial charge in [-0.1, -0.05) is 11.8 Å². The van der Waals surface area contributed by atoms with Gasteiger partial charge in [-0.05, 0) is 17.7 Å². The first-order valence-electron chi connectivity index (χ1n) is 8.89. The Kier molecular flexibility index (Phi) is 5.89. The zero-order chi connectivity index (χ0) is 21.2. The Balaban J connectivity index is 1.77. The Morgan fingerprint density at radius 1 is 1.38 bits per heavy atom. The van der Waals surface area contributed by atoms with Crippen LogP contribution in [0.5, 0.6) is 0 Å². The monoisotopic (exact) mass is 421 g/mol. The average Bonchev–Trinajstić information content (AvgIpc) is 3.22. The summed E-state index contributed by atoms with van der Waals surface area (Å²) < 4.78 is 6.75. The second-order valence-corrected chi connectivity index (χ2v) is 8.53. The van der Waals surface area contributed by atoms with Gasteiger partial charge in [0.2, 0.25) is 0 Å². The summed E-state index contributed by atoms with van der Waals surface area (Å²) in [5.41, 5.74) is 0.227. The summed E-state index contributed by atoms with van der Waals surface area (Å²) in [6.07, 6.45) is 2.50. The highest BCUT2D eigenvalue weighted by molar-refractivity contribution is 8.14. The highest BCUT2D eigenvalue weighted by Gasteiger charge is 2.52. The molecule has 0 radical (unpaired) electrons. The van der Waals surface area contributed by atoms with Gasteiger partial charge >= 0.3 is 11.8 Å². The number of hydrogen-bond acceptors (Lipinski definition) is 7. The molecule has 0 spiro atoms. The number of amides is 1. The van der Waals surface area contributed by atoms with E-state index in [-0.39, 0.29) is 32.8 Å². The molecule has 3 rings (SSSR count). The first kappa shape index (κ1) is 20.8. The van der Waals surface area contributed by atoms with Gasteiger partial charge in [-0.2, -0.15) is 4.79 Å². The Morgan fingerprint density at radius 3 is 2.62 bits per heavy atom. The summed E-state index contributed by atoms with van der Waals surface area (Å²) in [6.45, 7) is 1.76. The number of non-ortho nitro benzene ring substituents is 1. The van der Waals surface area contributed by atoms with Crippen molar-refractivity contribution in [2.75, 3.05) is 13.6 Å². The lowest BCUT2D eigenvalue weighted by Crippen LogP contribution is -2.52. The van der Waals surface area contributed by atoms with Crippen molar-refractivity contribution in [3.05, 3.63) is 62.8 Å². The first-order valence-corrected chi connectivity index (χ1v) is 9.77. The maximum atomic E-state index is 13.0. The van der Waals surface area contributed by atoms with Crippen molar-refractivity contribution >= 4 is 28.7 Å². The van der Waals surface area contributed by atoms with Gasteiger partial charge in [0.15, 0.2) is 11.3 Å². The molecule has 0 bridgehead atoms. The predicted octanol–water partition coefficient (Wildman–Crippen LogP) is 2.42. The number of quaternary nitrogens is 1. The number of H-pyrrole nitrogens is 1. The molecule has 0 aliphatic carbocycles. The quantitative estimate of drug-likeness (QED) is 0.446. The fourth-order valence-electron chi connectivity index (χ4n) is 3.56. The minimum Gasteiger partial charge on any atom is -0.415 e. The number of hydrogen-bond donors (Lipinski definition) is 1. The summed E-state index contributed by atoms with van der Waals surface area (Å²) in [4.78, 5) is 49.5. The van der Waals surface area contributed by atoms with E-state index in [9.17, 15) is 24.5 Å². The first-order chi connectivity index (χ1) is 13.7. The Labute approximate surface area is 170 Å². The molecule has 10 nitrogen and oxygen atoms in total. The summed E-state index contributed by atoms with van der Waals surface area (Å²) in [6, 6.07) is 5.74. The number of aromatic nitrogens is 2. The number of benzene rings is 1. The molecule has 3 atom stereocenters. The van der Waals surface area contributed by atoms with Crippen LogP contribution in [0.15, 0.2) is 41.5 Å². The van der Waals surface area contributed by atoms with E-state index in [0.717, 1.165) is 11.8 Å². The molecule has 29 heavy (non-hydrogen) atoms. The Morgan fingerprint density at radius 2 is 2.07 bits per heavy atom. The standard InChI is InChI=1S/C18H20N4O6S/c1-12(23)29-15-9-16(20-8-7-19-17(20)24)22(2,10-15)18(25)28-11-13-3-5-14(6-4-13)21(26)27/h3-8,15-16H,9-11H2,1-2H3/p+1/t15-,16-,22?/m0/s1. The molecular formula is C18H21N4O6S+. The molecule has 11 heteroatoms. The second-order valence-electron chi connectivity index (χ2n) is 7.05. The van der Waals surface area contributed by atoms with Crippen molar-refractivity contribution in [2.24, 2.45) is 0 Å². The topological polar surface area (TPSA) is 124 Å². The predicted molar refractivity (Wildman–Crippen MR) is 105 cm³/mol. The lowest BCUT2D eigenvalue weighted by molar-refractivity contribution is -0.866. The third-order valence-corrected chi connectivity index (χ3v) is 5.98. The summed E-state index contributed by atoms with van der Waals surface area (Å²) in [7, 11) is 1.68. The van der Waals surface area contributed by atoms with Crippen molar-refractivity contribution in [1.82, 2.24) is 9.55 Å². The number of nitrogens with one attached hydrogen (secondary N) is 1. The fourth-order valence-corrected chi connectivity index (χ4v) is 4.69. The normalized spacial score (nSPS) is 23.7. The van der Waals surface area contributed by atoms with Gasteiger partial charge in [-0.15, -0.1) is 0 Å². The number of rotatable bonds is 5. The zero-order valence-electron chi connectivity index (χ0n) is 15.9. The highest BCUT2D eigenvalue weighted by atomic mass is 32.2. The molecule has 1 aromatic carbocycles. The molecule has 1 aliphatic heterocycles. The molecule has 1 N–H and O–H groups in total. The third-order valence-electron chi connectivity index (χ3n) is 4.97. The zero-order valence-corrected chi connectivity index (χ0v) is 16.8. The van der Waals surface area contributed by atoms with E-state index in [0.29, 0.717) is 18.5 Å². The summed E-state index contributed by atoms with van der Waals surface area (Å²) in [5.74, 6) is 0. The molecule has 1 saturated heterocycles. The molecule has 1 fully saturated rings. The molecule has 154 valence electrons. The number of thioether (sulfide) groups is 1. The number of imidazole rings is 1. The van der Waals surface area contributed by atoms with Gasteiger partial charge in [0.1, 0.15) is 13.2 Å². The van der Waals surface area contributed by atoms with Crippen LogP contribution in [-0.2, 0) is 16.1 Å². The van der Waals surface area contributed by atoms with Gasteiger partial charge in [0, 0.05) is 37.9 Å². The molecule has 1 aromatic heterocycles. The third kappa shape index (κ3) is 4.40. The maximum Gasteiger partial charge on any atom is 0.517 e. The number of nitro benzene ring substituents is 1. The summed E-state index contributed by atoms with van der Waals surface area (Å²) >= 11 is 1.16. The van der Waals surface area contributed by atoms with E-state index >= 15 is 0 Å². The van der Waals surface area contributed by atoms with Crippen molar-refractivity contribution < 1.29 is 23.7 Å². The van der Waals surface area contributed by atoms with E-state index < -0.39 is 17.2 Å².